The molecule has 5 atom stereocenters. The number of hydrogen-bond donors (Lipinski definition) is 4. The van der Waals surface area contributed by atoms with Gasteiger partial charge in [-0.2, -0.15) is 0 Å². The quantitative estimate of drug-likeness (QED) is 0.242. The molecule has 0 saturated carbocycles. The molecule has 1 aliphatic heterocycles. The third-order valence-electron chi connectivity index (χ3n) is 3.58. The lowest BCUT2D eigenvalue weighted by Gasteiger charge is -2.38. The van der Waals surface area contributed by atoms with Crippen molar-refractivity contribution in [2.24, 2.45) is 0 Å². The van der Waals surface area contributed by atoms with Gasteiger partial charge < -0.3 is 29.9 Å². The predicted octanol–water partition coefficient (Wildman–Crippen LogP) is -1.48. The van der Waals surface area contributed by atoms with Crippen LogP contribution in [0.5, 0.6) is 0 Å². The second-order valence-corrected chi connectivity index (χ2v) is 5.31. The zero-order valence-corrected chi connectivity index (χ0v) is 12.6. The highest BCUT2D eigenvalue weighted by atomic mass is 16.6. The number of Topliss-reactive ketones (excluding diaryl/α,β-unsaturated/α-hetero) is 1. The fourth-order valence-electron chi connectivity index (χ4n) is 2.20. The molecule has 0 aromatic heterocycles. The molecular formula is C14H24O8. The highest BCUT2D eigenvalue weighted by Crippen LogP contribution is 2.22. The van der Waals surface area contributed by atoms with Gasteiger partial charge in [0.15, 0.2) is 6.10 Å². The van der Waals surface area contributed by atoms with E-state index in [2.05, 4.69) is 0 Å². The van der Waals surface area contributed by atoms with E-state index in [4.69, 9.17) is 14.6 Å². The van der Waals surface area contributed by atoms with Crippen LogP contribution in [0, 0.1) is 0 Å². The number of esters is 1. The number of ether oxygens (including phenoxy) is 2. The van der Waals surface area contributed by atoms with Gasteiger partial charge in [-0.1, -0.05) is 26.2 Å². The number of rotatable bonds is 8. The molecule has 1 fully saturated rings. The summed E-state index contributed by atoms with van der Waals surface area (Å²) >= 11 is 0. The standard InChI is InChI=1S/C14H24O8/c1-2-3-4-5-6-21-14(20)12(19)13-11(18)10(17)9(16)8(7-15)22-13/h8-11,13,15-18H,2-7H2,1H3/t8-,9+,10+,11-,13?/m1/s1. The maximum atomic E-state index is 11.9. The van der Waals surface area contributed by atoms with Crippen LogP contribution in [0.3, 0.4) is 0 Å². The largest absolute Gasteiger partial charge is 0.460 e. The highest BCUT2D eigenvalue weighted by Gasteiger charge is 2.48. The van der Waals surface area contributed by atoms with Gasteiger partial charge in [0, 0.05) is 0 Å². The molecule has 0 aliphatic carbocycles. The topological polar surface area (TPSA) is 134 Å². The van der Waals surface area contributed by atoms with Gasteiger partial charge in [0.05, 0.1) is 13.2 Å². The second kappa shape index (κ2) is 9.16. The molecular weight excluding hydrogens is 296 g/mol. The average molecular weight is 320 g/mol. The first kappa shape index (κ1) is 19.0. The number of hydrogen-bond acceptors (Lipinski definition) is 8. The molecule has 0 bridgehead atoms. The Morgan fingerprint density at radius 2 is 1.73 bits per heavy atom. The fraction of sp³-hybridized carbons (Fsp3) is 0.857. The van der Waals surface area contributed by atoms with E-state index in [1.807, 2.05) is 6.92 Å². The van der Waals surface area contributed by atoms with Gasteiger partial charge in [0.1, 0.15) is 24.4 Å². The van der Waals surface area contributed by atoms with Crippen molar-refractivity contribution in [3.05, 3.63) is 0 Å². The normalized spacial score (nSPS) is 31.8. The summed E-state index contributed by atoms with van der Waals surface area (Å²) in [6.45, 7) is 1.46. The summed E-state index contributed by atoms with van der Waals surface area (Å²) in [5, 5.41) is 37.9. The number of aliphatic hydroxyl groups excluding tert-OH is 4. The minimum absolute atomic E-state index is 0.0853. The summed E-state index contributed by atoms with van der Waals surface area (Å²) in [7, 11) is 0. The first-order valence-corrected chi connectivity index (χ1v) is 7.45. The monoisotopic (exact) mass is 320 g/mol. The van der Waals surface area contributed by atoms with Gasteiger partial charge in [-0.3, -0.25) is 4.79 Å². The van der Waals surface area contributed by atoms with Crippen molar-refractivity contribution in [2.45, 2.75) is 63.1 Å². The van der Waals surface area contributed by atoms with E-state index in [1.54, 1.807) is 0 Å². The molecule has 8 nitrogen and oxygen atoms in total. The van der Waals surface area contributed by atoms with E-state index < -0.39 is 48.9 Å². The van der Waals surface area contributed by atoms with Crippen LogP contribution in [-0.2, 0) is 19.1 Å². The van der Waals surface area contributed by atoms with E-state index in [0.717, 1.165) is 19.3 Å². The summed E-state index contributed by atoms with van der Waals surface area (Å²) in [5.41, 5.74) is 0. The minimum Gasteiger partial charge on any atom is -0.460 e. The predicted molar refractivity (Wildman–Crippen MR) is 73.9 cm³/mol. The van der Waals surface area contributed by atoms with Crippen LogP contribution in [0.15, 0.2) is 0 Å². The Labute approximate surface area is 128 Å². The third-order valence-corrected chi connectivity index (χ3v) is 3.58. The van der Waals surface area contributed by atoms with Gasteiger partial charge in [-0.15, -0.1) is 0 Å². The smallest absolute Gasteiger partial charge is 0.377 e. The minimum atomic E-state index is -1.77. The van der Waals surface area contributed by atoms with Gasteiger partial charge >= 0.3 is 5.97 Å². The lowest BCUT2D eigenvalue weighted by Crippen LogP contribution is -2.61. The summed E-state index contributed by atoms with van der Waals surface area (Å²) in [4.78, 5) is 23.5. The summed E-state index contributed by atoms with van der Waals surface area (Å²) in [5.74, 6) is -2.31. The van der Waals surface area contributed by atoms with Crippen molar-refractivity contribution in [1.29, 1.82) is 0 Å². The molecule has 1 rings (SSSR count). The molecule has 0 aromatic carbocycles. The fourth-order valence-corrected chi connectivity index (χ4v) is 2.20. The lowest BCUT2D eigenvalue weighted by molar-refractivity contribution is -0.227. The average Bonchev–Trinajstić information content (AvgIpc) is 2.52. The van der Waals surface area contributed by atoms with Gasteiger partial charge in [0.2, 0.25) is 0 Å². The molecule has 1 heterocycles. The molecule has 1 unspecified atom stereocenters. The molecule has 1 aliphatic rings. The van der Waals surface area contributed by atoms with Crippen LogP contribution >= 0.6 is 0 Å². The Morgan fingerprint density at radius 3 is 2.32 bits per heavy atom. The van der Waals surface area contributed by atoms with Crippen molar-refractivity contribution in [3.63, 3.8) is 0 Å². The first-order valence-electron chi connectivity index (χ1n) is 7.45. The Bertz CT molecular complexity index is 370. The molecule has 22 heavy (non-hydrogen) atoms. The number of carbonyl (C=O) groups excluding carboxylic acids is 2. The van der Waals surface area contributed by atoms with E-state index in [1.165, 1.54) is 0 Å². The van der Waals surface area contributed by atoms with Crippen molar-refractivity contribution in [2.75, 3.05) is 13.2 Å². The Hall–Kier alpha value is -1.06. The van der Waals surface area contributed by atoms with Gasteiger partial charge in [-0.05, 0) is 6.42 Å². The highest BCUT2D eigenvalue weighted by molar-refractivity contribution is 6.35. The molecule has 4 N–H and O–H groups in total. The molecule has 0 radical (unpaired) electrons. The molecule has 0 spiro atoms. The van der Waals surface area contributed by atoms with Crippen molar-refractivity contribution >= 4 is 11.8 Å². The molecule has 128 valence electrons. The Morgan fingerprint density at radius 1 is 1.05 bits per heavy atom. The van der Waals surface area contributed by atoms with Crippen LogP contribution in [0.25, 0.3) is 0 Å². The Kier molecular flexibility index (Phi) is 7.91. The van der Waals surface area contributed by atoms with Gasteiger partial charge in [-0.25, -0.2) is 4.79 Å². The maximum Gasteiger partial charge on any atom is 0.377 e. The van der Waals surface area contributed by atoms with Crippen LogP contribution in [0.4, 0.5) is 0 Å². The van der Waals surface area contributed by atoms with E-state index in [-0.39, 0.29) is 6.61 Å². The number of ketones is 1. The first-order chi connectivity index (χ1) is 10.4. The van der Waals surface area contributed by atoms with E-state index in [9.17, 15) is 24.9 Å². The summed E-state index contributed by atoms with van der Waals surface area (Å²) in [6, 6.07) is 0. The van der Waals surface area contributed by atoms with Gasteiger partial charge in [0.25, 0.3) is 5.78 Å². The summed E-state index contributed by atoms with van der Waals surface area (Å²) in [6.07, 6.45) is -4.41. The van der Waals surface area contributed by atoms with E-state index >= 15 is 0 Å². The Balaban J connectivity index is 2.53. The van der Waals surface area contributed by atoms with Crippen LogP contribution in [0.2, 0.25) is 0 Å². The van der Waals surface area contributed by atoms with Crippen LogP contribution < -0.4 is 0 Å². The summed E-state index contributed by atoms with van der Waals surface area (Å²) < 4.78 is 9.79. The lowest BCUT2D eigenvalue weighted by atomic mass is 9.93. The number of carbonyl (C=O) groups is 2. The molecule has 8 heteroatoms. The molecule has 0 amide bonds. The second-order valence-electron chi connectivity index (χ2n) is 5.31. The van der Waals surface area contributed by atoms with E-state index in [0.29, 0.717) is 6.42 Å². The van der Waals surface area contributed by atoms with Crippen LogP contribution in [-0.4, -0.2) is 75.9 Å². The van der Waals surface area contributed by atoms with Crippen LogP contribution in [0.1, 0.15) is 32.6 Å². The van der Waals surface area contributed by atoms with Crippen molar-refractivity contribution in [3.8, 4) is 0 Å². The number of unbranched alkanes of at least 4 members (excludes halogenated alkanes) is 3. The third kappa shape index (κ3) is 4.72. The van der Waals surface area contributed by atoms with Crippen molar-refractivity contribution in [1.82, 2.24) is 0 Å². The number of aliphatic hydroxyl groups is 4. The molecule has 0 aromatic rings. The molecule has 1 saturated heterocycles. The van der Waals surface area contributed by atoms with Crippen molar-refractivity contribution < 1.29 is 39.5 Å². The zero-order chi connectivity index (χ0) is 16.7. The SMILES string of the molecule is CCCCCCOC(=O)C(=O)C1O[C@H](CO)[C@H](O)[C@H](O)[C@H]1O. The maximum absolute atomic E-state index is 11.9. The zero-order valence-electron chi connectivity index (χ0n) is 12.6.